The Hall–Kier alpha value is -3.00. The predicted octanol–water partition coefficient (Wildman–Crippen LogP) is 2.56. The van der Waals surface area contributed by atoms with Gasteiger partial charge in [0, 0.05) is 24.7 Å². The second-order valence-electron chi connectivity index (χ2n) is 5.32. The van der Waals surface area contributed by atoms with Gasteiger partial charge in [-0.25, -0.2) is 4.98 Å². The zero-order chi connectivity index (χ0) is 17.8. The summed E-state index contributed by atoms with van der Waals surface area (Å²) in [6.07, 6.45) is 1.61. The fourth-order valence-electron chi connectivity index (χ4n) is 2.42. The average Bonchev–Trinajstić information content (AvgIpc) is 3.30. The summed E-state index contributed by atoms with van der Waals surface area (Å²) in [7, 11) is 1.53. The molecule has 0 fully saturated rings. The number of nitrogens with zero attached hydrogens (tertiary/aromatic N) is 3. The summed E-state index contributed by atoms with van der Waals surface area (Å²) < 4.78 is 1.56. The zero-order valence-corrected chi connectivity index (χ0v) is 14.6. The van der Waals surface area contributed by atoms with Crippen molar-refractivity contribution >= 4 is 28.3 Å². The number of hydrogen-bond acceptors (Lipinski definition) is 5. The lowest BCUT2D eigenvalue weighted by atomic mass is 10.1. The SMILES string of the molecule is CNC(=O)c1cc(C(=O)Nc2nccs2)n(C(C)c2ccccc2)n1. The van der Waals surface area contributed by atoms with Crippen molar-refractivity contribution in [1.82, 2.24) is 20.1 Å². The first-order valence-corrected chi connectivity index (χ1v) is 8.55. The number of amides is 2. The van der Waals surface area contributed by atoms with Gasteiger partial charge in [0.15, 0.2) is 10.8 Å². The topological polar surface area (TPSA) is 88.9 Å². The van der Waals surface area contributed by atoms with Gasteiger partial charge in [-0.15, -0.1) is 11.3 Å². The molecule has 128 valence electrons. The molecule has 8 heteroatoms. The van der Waals surface area contributed by atoms with Gasteiger partial charge in [-0.05, 0) is 12.5 Å². The van der Waals surface area contributed by atoms with Crippen LogP contribution >= 0.6 is 11.3 Å². The molecule has 0 radical (unpaired) electrons. The largest absolute Gasteiger partial charge is 0.354 e. The minimum Gasteiger partial charge on any atom is -0.354 e. The highest BCUT2D eigenvalue weighted by Crippen LogP contribution is 2.21. The van der Waals surface area contributed by atoms with Crippen LogP contribution in [0.5, 0.6) is 0 Å². The van der Waals surface area contributed by atoms with E-state index in [1.807, 2.05) is 37.3 Å². The molecule has 2 aromatic heterocycles. The maximum atomic E-state index is 12.7. The van der Waals surface area contributed by atoms with Gasteiger partial charge in [-0.3, -0.25) is 19.6 Å². The molecule has 2 amide bonds. The fraction of sp³-hybridized carbons (Fsp3) is 0.176. The van der Waals surface area contributed by atoms with E-state index in [1.54, 1.807) is 16.3 Å². The van der Waals surface area contributed by atoms with E-state index in [4.69, 9.17) is 0 Å². The first-order valence-electron chi connectivity index (χ1n) is 7.67. The Morgan fingerprint density at radius 1 is 1.20 bits per heavy atom. The number of benzene rings is 1. The molecule has 3 aromatic rings. The molecule has 0 aliphatic rings. The van der Waals surface area contributed by atoms with Crippen molar-refractivity contribution in [1.29, 1.82) is 0 Å². The third-order valence-electron chi connectivity index (χ3n) is 3.73. The van der Waals surface area contributed by atoms with Crippen molar-refractivity contribution in [2.45, 2.75) is 13.0 Å². The van der Waals surface area contributed by atoms with Crippen molar-refractivity contribution in [2.24, 2.45) is 0 Å². The average molecular weight is 355 g/mol. The Bertz CT molecular complexity index is 874. The molecule has 0 saturated carbocycles. The van der Waals surface area contributed by atoms with Gasteiger partial charge in [0.25, 0.3) is 11.8 Å². The molecule has 3 rings (SSSR count). The molecule has 2 heterocycles. The summed E-state index contributed by atoms with van der Waals surface area (Å²) in [5.74, 6) is -0.706. The molecule has 1 atom stereocenters. The van der Waals surface area contributed by atoms with E-state index >= 15 is 0 Å². The highest BCUT2D eigenvalue weighted by molar-refractivity contribution is 7.13. The first-order chi connectivity index (χ1) is 12.1. The maximum absolute atomic E-state index is 12.7. The normalized spacial score (nSPS) is 11.8. The standard InChI is InChI=1S/C17H17N5O2S/c1-11(12-6-4-3-5-7-12)22-14(10-13(21-22)15(23)18-2)16(24)20-17-19-8-9-25-17/h3-11H,1-2H3,(H,18,23)(H,19,20,24). The van der Waals surface area contributed by atoms with E-state index in [0.717, 1.165) is 5.56 Å². The number of rotatable bonds is 5. The summed E-state index contributed by atoms with van der Waals surface area (Å²) in [6, 6.07) is 10.9. The maximum Gasteiger partial charge on any atom is 0.275 e. The molecule has 1 aromatic carbocycles. The van der Waals surface area contributed by atoms with E-state index in [0.29, 0.717) is 10.8 Å². The van der Waals surface area contributed by atoms with Crippen molar-refractivity contribution < 1.29 is 9.59 Å². The number of nitrogens with one attached hydrogen (secondary N) is 2. The second kappa shape index (κ2) is 7.27. The van der Waals surface area contributed by atoms with E-state index in [-0.39, 0.29) is 23.6 Å². The summed E-state index contributed by atoms with van der Waals surface area (Å²) in [5.41, 5.74) is 1.47. The Morgan fingerprint density at radius 3 is 2.60 bits per heavy atom. The van der Waals surface area contributed by atoms with E-state index in [1.165, 1.54) is 24.5 Å². The second-order valence-corrected chi connectivity index (χ2v) is 6.21. The van der Waals surface area contributed by atoms with E-state index in [9.17, 15) is 9.59 Å². The number of carbonyl (C=O) groups is 2. The van der Waals surface area contributed by atoms with Gasteiger partial charge < -0.3 is 5.32 Å². The molecule has 0 saturated heterocycles. The Kier molecular flexibility index (Phi) is 4.90. The molecule has 0 aliphatic carbocycles. The lowest BCUT2D eigenvalue weighted by Crippen LogP contribution is -2.21. The van der Waals surface area contributed by atoms with Crippen LogP contribution in [0.1, 0.15) is 39.5 Å². The summed E-state index contributed by atoms with van der Waals surface area (Å²) >= 11 is 1.32. The lowest BCUT2D eigenvalue weighted by Gasteiger charge is -2.15. The third-order valence-corrected chi connectivity index (χ3v) is 4.42. The highest BCUT2D eigenvalue weighted by Gasteiger charge is 2.23. The van der Waals surface area contributed by atoms with Crippen LogP contribution in [0.3, 0.4) is 0 Å². The monoisotopic (exact) mass is 355 g/mol. The number of thiazole rings is 1. The molecule has 0 aliphatic heterocycles. The summed E-state index contributed by atoms with van der Waals surface area (Å²) in [6.45, 7) is 1.93. The van der Waals surface area contributed by atoms with Gasteiger partial charge in [-0.2, -0.15) is 5.10 Å². The summed E-state index contributed by atoms with van der Waals surface area (Å²) in [4.78, 5) is 28.7. The quantitative estimate of drug-likeness (QED) is 0.736. The molecule has 0 spiro atoms. The van der Waals surface area contributed by atoms with Gasteiger partial charge >= 0.3 is 0 Å². The first kappa shape index (κ1) is 16.8. The van der Waals surface area contributed by atoms with Crippen molar-refractivity contribution in [3.05, 3.63) is 64.9 Å². The van der Waals surface area contributed by atoms with Gasteiger partial charge in [-0.1, -0.05) is 30.3 Å². The van der Waals surface area contributed by atoms with Crippen molar-refractivity contribution in [2.75, 3.05) is 12.4 Å². The minimum atomic E-state index is -0.361. The van der Waals surface area contributed by atoms with Gasteiger partial charge in [0.05, 0.1) is 6.04 Å². The predicted molar refractivity (Wildman–Crippen MR) is 95.9 cm³/mol. The number of hydrogen-bond donors (Lipinski definition) is 2. The fourth-order valence-corrected chi connectivity index (χ4v) is 2.94. The van der Waals surface area contributed by atoms with E-state index in [2.05, 4.69) is 20.7 Å². The van der Waals surface area contributed by atoms with E-state index < -0.39 is 0 Å². The number of aromatic nitrogens is 3. The third kappa shape index (κ3) is 3.58. The smallest absolute Gasteiger partial charge is 0.275 e. The molecular formula is C17H17N5O2S. The lowest BCUT2D eigenvalue weighted by molar-refractivity contribution is 0.0956. The molecule has 1 unspecified atom stereocenters. The van der Waals surface area contributed by atoms with Gasteiger partial charge in [0.1, 0.15) is 5.69 Å². The number of anilines is 1. The van der Waals surface area contributed by atoms with Crippen LogP contribution in [-0.2, 0) is 0 Å². The van der Waals surface area contributed by atoms with Crippen LogP contribution in [0.25, 0.3) is 0 Å². The molecular weight excluding hydrogens is 338 g/mol. The molecule has 0 bridgehead atoms. The van der Waals surface area contributed by atoms with Crippen molar-refractivity contribution in [3.63, 3.8) is 0 Å². The molecule has 2 N–H and O–H groups in total. The minimum absolute atomic E-state index is 0.189. The summed E-state index contributed by atoms with van der Waals surface area (Å²) in [5, 5.41) is 11.9. The van der Waals surface area contributed by atoms with Crippen LogP contribution in [0.4, 0.5) is 5.13 Å². The van der Waals surface area contributed by atoms with Crippen LogP contribution in [-0.4, -0.2) is 33.6 Å². The van der Waals surface area contributed by atoms with Crippen LogP contribution in [0, 0.1) is 0 Å². The molecule has 7 nitrogen and oxygen atoms in total. The van der Waals surface area contributed by atoms with Gasteiger partial charge in [0.2, 0.25) is 0 Å². The van der Waals surface area contributed by atoms with Crippen LogP contribution in [0.2, 0.25) is 0 Å². The van der Waals surface area contributed by atoms with Crippen LogP contribution in [0.15, 0.2) is 48.0 Å². The van der Waals surface area contributed by atoms with Crippen molar-refractivity contribution in [3.8, 4) is 0 Å². The Balaban J connectivity index is 1.99. The Labute approximate surface area is 148 Å². The Morgan fingerprint density at radius 2 is 1.96 bits per heavy atom. The highest BCUT2D eigenvalue weighted by atomic mass is 32.1. The zero-order valence-electron chi connectivity index (χ0n) is 13.8. The number of carbonyl (C=O) groups excluding carboxylic acids is 2. The van der Waals surface area contributed by atoms with Crippen LogP contribution < -0.4 is 10.6 Å². The molecule has 25 heavy (non-hydrogen) atoms.